The molecular weight excluding hydrogens is 248 g/mol. The molecule has 1 aromatic carbocycles. The van der Waals surface area contributed by atoms with Crippen molar-refractivity contribution in [3.63, 3.8) is 0 Å². The van der Waals surface area contributed by atoms with Gasteiger partial charge in [0.15, 0.2) is 0 Å². The third-order valence-electron chi connectivity index (χ3n) is 5.98. The summed E-state index contributed by atoms with van der Waals surface area (Å²) in [7, 11) is 0. The summed E-state index contributed by atoms with van der Waals surface area (Å²) < 4.78 is 0. The van der Waals surface area contributed by atoms with E-state index in [9.17, 15) is 5.21 Å². The molecule has 0 heterocycles. The zero-order valence-corrected chi connectivity index (χ0v) is 12.6. The Morgan fingerprint density at radius 2 is 1.95 bits per heavy atom. The first-order chi connectivity index (χ1) is 9.48. The maximum absolute atomic E-state index is 9.40. The predicted molar refractivity (Wildman–Crippen MR) is 79.7 cm³/mol. The number of rotatable bonds is 3. The Morgan fingerprint density at radius 3 is 2.55 bits per heavy atom. The number of oxime groups is 1. The van der Waals surface area contributed by atoms with Crippen molar-refractivity contribution in [2.24, 2.45) is 22.4 Å². The molecule has 3 N–H and O–H groups in total. The van der Waals surface area contributed by atoms with Gasteiger partial charge in [-0.1, -0.05) is 49.3 Å². The smallest absolute Gasteiger partial charge is 0.139 e. The normalized spacial score (nSPS) is 36.6. The monoisotopic (exact) mass is 273 g/mol. The van der Waals surface area contributed by atoms with Crippen LogP contribution < -0.4 is 5.32 Å². The molecule has 3 aliphatic rings. The van der Waals surface area contributed by atoms with Crippen LogP contribution in [0.2, 0.25) is 0 Å². The summed E-state index contributed by atoms with van der Waals surface area (Å²) in [6.07, 6.45) is 2.22. The van der Waals surface area contributed by atoms with Gasteiger partial charge in [-0.15, -0.1) is 0 Å². The largest absolute Gasteiger partial charge is 0.411 e. The Hall–Kier alpha value is -1.35. The van der Waals surface area contributed by atoms with E-state index in [-0.39, 0.29) is 5.54 Å². The molecular formula is C17H25N2O+. The second-order valence-corrected chi connectivity index (χ2v) is 7.23. The van der Waals surface area contributed by atoms with E-state index >= 15 is 0 Å². The van der Waals surface area contributed by atoms with Gasteiger partial charge in [-0.05, 0) is 31.1 Å². The van der Waals surface area contributed by atoms with Gasteiger partial charge in [-0.25, -0.2) is 0 Å². The molecule has 3 fully saturated rings. The van der Waals surface area contributed by atoms with Crippen LogP contribution in [0.3, 0.4) is 0 Å². The van der Waals surface area contributed by atoms with E-state index in [1.807, 2.05) is 6.07 Å². The summed E-state index contributed by atoms with van der Waals surface area (Å²) in [5.41, 5.74) is 2.61. The van der Waals surface area contributed by atoms with Crippen molar-refractivity contribution < 1.29 is 10.5 Å². The first-order valence-electron chi connectivity index (χ1n) is 7.58. The molecule has 0 spiro atoms. The van der Waals surface area contributed by atoms with E-state index in [0.29, 0.717) is 17.3 Å². The van der Waals surface area contributed by atoms with Gasteiger partial charge >= 0.3 is 0 Å². The van der Waals surface area contributed by atoms with Gasteiger partial charge in [0.1, 0.15) is 17.8 Å². The summed E-state index contributed by atoms with van der Waals surface area (Å²) in [4.78, 5) is 0. The fourth-order valence-corrected chi connectivity index (χ4v) is 4.39. The highest BCUT2D eigenvalue weighted by molar-refractivity contribution is 5.93. The van der Waals surface area contributed by atoms with Gasteiger partial charge in [-0.3, -0.25) is 0 Å². The Bertz CT molecular complexity index is 523. The van der Waals surface area contributed by atoms with Gasteiger partial charge in [0, 0.05) is 11.5 Å². The Morgan fingerprint density at radius 1 is 1.25 bits per heavy atom. The number of nitrogens with two attached hydrogens (primary N) is 1. The van der Waals surface area contributed by atoms with E-state index in [4.69, 9.17) is 0 Å². The molecule has 1 aromatic rings. The van der Waals surface area contributed by atoms with E-state index in [1.54, 1.807) is 0 Å². The van der Waals surface area contributed by atoms with Crippen LogP contribution in [0.25, 0.3) is 0 Å². The highest BCUT2D eigenvalue weighted by Gasteiger charge is 2.64. The minimum atomic E-state index is -0.0666. The molecule has 20 heavy (non-hydrogen) atoms. The molecule has 0 radical (unpaired) electrons. The summed E-state index contributed by atoms with van der Waals surface area (Å²) in [6.45, 7) is 7.93. The lowest BCUT2D eigenvalue weighted by Gasteiger charge is -2.62. The number of hydrogen-bond acceptors (Lipinski definition) is 2. The van der Waals surface area contributed by atoms with Gasteiger partial charge in [0.25, 0.3) is 0 Å². The molecule has 3 saturated carbocycles. The zero-order chi connectivity index (χ0) is 14.4. The van der Waals surface area contributed by atoms with Crippen molar-refractivity contribution in [2.75, 3.05) is 0 Å². The lowest BCUT2D eigenvalue weighted by atomic mass is 9.43. The van der Waals surface area contributed by atoms with Gasteiger partial charge in [-0.2, -0.15) is 0 Å². The quantitative estimate of drug-likeness (QED) is 0.645. The van der Waals surface area contributed by atoms with E-state index in [1.165, 1.54) is 12.0 Å². The van der Waals surface area contributed by atoms with E-state index < -0.39 is 0 Å². The van der Waals surface area contributed by atoms with Crippen molar-refractivity contribution in [1.82, 2.24) is 0 Å². The molecule has 108 valence electrons. The molecule has 0 saturated heterocycles. The van der Waals surface area contributed by atoms with Crippen molar-refractivity contribution in [2.45, 2.75) is 45.7 Å². The molecule has 2 bridgehead atoms. The molecule has 4 rings (SSSR count). The van der Waals surface area contributed by atoms with Crippen LogP contribution in [0.5, 0.6) is 0 Å². The summed E-state index contributed by atoms with van der Waals surface area (Å²) in [6, 6.07) is 10.5. The predicted octanol–water partition coefficient (Wildman–Crippen LogP) is 2.40. The molecule has 3 nitrogen and oxygen atoms in total. The maximum Gasteiger partial charge on any atom is 0.139 e. The second-order valence-electron chi connectivity index (χ2n) is 7.23. The third-order valence-corrected chi connectivity index (χ3v) is 5.98. The van der Waals surface area contributed by atoms with Crippen LogP contribution in [0.1, 0.15) is 39.2 Å². The molecule has 0 aromatic heterocycles. The van der Waals surface area contributed by atoms with Crippen LogP contribution in [-0.4, -0.2) is 16.5 Å². The number of fused-ring (bicyclic) bond motifs is 2. The van der Waals surface area contributed by atoms with Crippen LogP contribution in [-0.2, 0) is 6.54 Å². The molecule has 0 amide bonds. The Balaban J connectivity index is 1.81. The standard InChI is InChI=1S/C17H24N2O/c1-16(2)13-9-14(16)17(3,15(10-13)19-20)18-11-12-7-5-4-6-8-12/h4-8,13-14,18,20H,9-11H2,1-3H3/p+1/b19-15-/t13-,14-,17+/m1/s1. The average molecular weight is 273 g/mol. The SMILES string of the molecule is CC1(C)[C@H]2C/C(=N/O)[C@@](C)([NH2+]Cc3ccccc3)[C@@H]1C2. The van der Waals surface area contributed by atoms with Crippen LogP contribution >= 0.6 is 0 Å². The van der Waals surface area contributed by atoms with Crippen LogP contribution in [0, 0.1) is 17.3 Å². The van der Waals surface area contributed by atoms with E-state index in [0.717, 1.165) is 18.7 Å². The lowest BCUT2D eigenvalue weighted by molar-refractivity contribution is -0.736. The molecule has 0 aliphatic heterocycles. The first-order valence-corrected chi connectivity index (χ1v) is 7.58. The van der Waals surface area contributed by atoms with Crippen molar-refractivity contribution in [3.8, 4) is 0 Å². The lowest BCUT2D eigenvalue weighted by Crippen LogP contribution is -3.01. The van der Waals surface area contributed by atoms with Gasteiger partial charge < -0.3 is 10.5 Å². The van der Waals surface area contributed by atoms with Crippen molar-refractivity contribution >= 4 is 5.71 Å². The number of quaternary nitrogens is 1. The number of benzene rings is 1. The Labute approximate surface area is 121 Å². The van der Waals surface area contributed by atoms with Crippen LogP contribution in [0.4, 0.5) is 0 Å². The number of nitrogens with zero attached hydrogens (tertiary/aromatic N) is 1. The molecule has 3 aliphatic carbocycles. The number of hydrogen-bond donors (Lipinski definition) is 2. The zero-order valence-electron chi connectivity index (χ0n) is 12.6. The minimum Gasteiger partial charge on any atom is -0.411 e. The topological polar surface area (TPSA) is 49.2 Å². The fourth-order valence-electron chi connectivity index (χ4n) is 4.39. The van der Waals surface area contributed by atoms with Gasteiger partial charge in [0.2, 0.25) is 0 Å². The minimum absolute atomic E-state index is 0.0666. The maximum atomic E-state index is 9.40. The third kappa shape index (κ3) is 1.87. The average Bonchev–Trinajstić information content (AvgIpc) is 2.46. The second kappa shape index (κ2) is 4.59. The van der Waals surface area contributed by atoms with Crippen LogP contribution in [0.15, 0.2) is 35.5 Å². The first kappa shape index (κ1) is 13.6. The van der Waals surface area contributed by atoms with Gasteiger partial charge in [0.05, 0.1) is 0 Å². The highest BCUT2D eigenvalue weighted by Crippen LogP contribution is 2.60. The fraction of sp³-hybridized carbons (Fsp3) is 0.588. The molecule has 0 unspecified atom stereocenters. The Kier molecular flexibility index (Phi) is 3.13. The van der Waals surface area contributed by atoms with E-state index in [2.05, 4.69) is 55.5 Å². The highest BCUT2D eigenvalue weighted by atomic mass is 16.4. The molecule has 3 heteroatoms. The summed E-state index contributed by atoms with van der Waals surface area (Å²) >= 11 is 0. The van der Waals surface area contributed by atoms with Crippen molar-refractivity contribution in [3.05, 3.63) is 35.9 Å². The van der Waals surface area contributed by atoms with Crippen molar-refractivity contribution in [1.29, 1.82) is 0 Å². The summed E-state index contributed by atoms with van der Waals surface area (Å²) in [5.74, 6) is 1.29. The summed E-state index contributed by atoms with van der Waals surface area (Å²) in [5, 5.41) is 15.4. The molecule has 3 atom stereocenters.